The summed E-state index contributed by atoms with van der Waals surface area (Å²) in [7, 11) is 1.83. The van der Waals surface area contributed by atoms with Crippen LogP contribution in [-0.2, 0) is 0 Å². The Morgan fingerprint density at radius 2 is 2.20 bits per heavy atom. The minimum absolute atomic E-state index is 0.0409. The lowest BCUT2D eigenvalue weighted by Crippen LogP contribution is -2.06. The second-order valence-electron chi connectivity index (χ2n) is 4.25. The molecule has 0 unspecified atom stereocenters. The smallest absolute Gasteiger partial charge is 0.102 e. The molecular formula is C13H20FN. The largest absolute Gasteiger partial charge is 0.391 e. The number of nitrogens with one attached hydrogen (secondary N) is 1. The lowest BCUT2D eigenvalue weighted by molar-refractivity contribution is 0.520. The first-order chi connectivity index (χ1) is 7.13. The van der Waals surface area contributed by atoms with Crippen molar-refractivity contribution in [3.8, 4) is 0 Å². The molecule has 15 heavy (non-hydrogen) atoms. The molecule has 0 saturated heterocycles. The highest BCUT2D eigenvalue weighted by molar-refractivity contribution is 5.16. The van der Waals surface area contributed by atoms with E-state index in [-0.39, 0.29) is 11.7 Å². The Bertz CT molecular complexity index is 287. The van der Waals surface area contributed by atoms with Gasteiger partial charge in [0, 0.05) is 19.2 Å². The van der Waals surface area contributed by atoms with Crippen molar-refractivity contribution in [3.63, 3.8) is 0 Å². The van der Waals surface area contributed by atoms with Gasteiger partial charge < -0.3 is 5.32 Å². The second-order valence-corrected chi connectivity index (χ2v) is 4.25. The molecule has 0 aromatic carbocycles. The molecule has 1 N–H and O–H groups in total. The first-order valence-corrected chi connectivity index (χ1v) is 5.53. The Morgan fingerprint density at radius 1 is 1.47 bits per heavy atom. The fourth-order valence-corrected chi connectivity index (χ4v) is 1.63. The zero-order valence-corrected chi connectivity index (χ0v) is 9.76. The van der Waals surface area contributed by atoms with E-state index in [1.807, 2.05) is 13.1 Å². The lowest BCUT2D eigenvalue weighted by Gasteiger charge is -2.12. The van der Waals surface area contributed by atoms with Gasteiger partial charge in [-0.05, 0) is 24.3 Å². The van der Waals surface area contributed by atoms with E-state index in [4.69, 9.17) is 0 Å². The highest BCUT2D eigenvalue weighted by Crippen LogP contribution is 2.21. The molecule has 0 aromatic heterocycles. The van der Waals surface area contributed by atoms with Crippen molar-refractivity contribution >= 4 is 0 Å². The maximum atomic E-state index is 13.6. The predicted molar refractivity (Wildman–Crippen MR) is 63.0 cm³/mol. The van der Waals surface area contributed by atoms with Crippen molar-refractivity contribution in [2.45, 2.75) is 26.7 Å². The van der Waals surface area contributed by atoms with Crippen LogP contribution in [0, 0.1) is 11.8 Å². The molecule has 84 valence electrons. The van der Waals surface area contributed by atoms with E-state index in [9.17, 15) is 4.39 Å². The molecule has 0 fully saturated rings. The molecule has 0 aromatic rings. The molecule has 0 bridgehead atoms. The molecule has 1 aliphatic carbocycles. The van der Waals surface area contributed by atoms with E-state index in [2.05, 4.69) is 31.3 Å². The van der Waals surface area contributed by atoms with E-state index >= 15 is 0 Å². The zero-order valence-electron chi connectivity index (χ0n) is 9.76. The van der Waals surface area contributed by atoms with E-state index in [1.54, 1.807) is 6.08 Å². The SMILES string of the molecule is CN/C1=C/C/C=C/[C@@H](C(C)C)C=C(F)C1. The highest BCUT2D eigenvalue weighted by Gasteiger charge is 2.10. The van der Waals surface area contributed by atoms with E-state index in [1.165, 1.54) is 0 Å². The van der Waals surface area contributed by atoms with Gasteiger partial charge in [-0.25, -0.2) is 4.39 Å². The van der Waals surface area contributed by atoms with Crippen LogP contribution in [0.25, 0.3) is 0 Å². The summed E-state index contributed by atoms with van der Waals surface area (Å²) in [5.41, 5.74) is 0.956. The topological polar surface area (TPSA) is 12.0 Å². The molecular weight excluding hydrogens is 189 g/mol. The maximum absolute atomic E-state index is 13.6. The fourth-order valence-electron chi connectivity index (χ4n) is 1.63. The van der Waals surface area contributed by atoms with Gasteiger partial charge in [-0.2, -0.15) is 0 Å². The van der Waals surface area contributed by atoms with Gasteiger partial charge in [-0.1, -0.05) is 32.1 Å². The van der Waals surface area contributed by atoms with Crippen molar-refractivity contribution in [2.75, 3.05) is 7.05 Å². The first kappa shape index (κ1) is 12.0. The van der Waals surface area contributed by atoms with Crippen LogP contribution in [-0.4, -0.2) is 7.05 Å². The van der Waals surface area contributed by atoms with Crippen molar-refractivity contribution in [2.24, 2.45) is 11.8 Å². The first-order valence-electron chi connectivity index (χ1n) is 5.53. The Morgan fingerprint density at radius 3 is 2.80 bits per heavy atom. The number of rotatable bonds is 2. The van der Waals surface area contributed by atoms with Crippen molar-refractivity contribution in [1.82, 2.24) is 5.32 Å². The van der Waals surface area contributed by atoms with E-state index < -0.39 is 0 Å². The summed E-state index contributed by atoms with van der Waals surface area (Å²) in [6.07, 6.45) is 9.24. The van der Waals surface area contributed by atoms with Crippen LogP contribution in [0.2, 0.25) is 0 Å². The van der Waals surface area contributed by atoms with Gasteiger partial charge in [0.2, 0.25) is 0 Å². The molecule has 0 aliphatic heterocycles. The third-order valence-corrected chi connectivity index (χ3v) is 2.68. The summed E-state index contributed by atoms with van der Waals surface area (Å²) in [6.45, 7) is 4.23. The van der Waals surface area contributed by atoms with Gasteiger partial charge in [0.25, 0.3) is 0 Å². The molecule has 1 nitrogen and oxygen atoms in total. The minimum atomic E-state index is -0.0409. The highest BCUT2D eigenvalue weighted by atomic mass is 19.1. The number of hydrogen-bond donors (Lipinski definition) is 1. The molecule has 1 rings (SSSR count). The maximum Gasteiger partial charge on any atom is 0.102 e. The van der Waals surface area contributed by atoms with Gasteiger partial charge in [0.05, 0.1) is 0 Å². The second kappa shape index (κ2) is 5.74. The van der Waals surface area contributed by atoms with Gasteiger partial charge in [-0.3, -0.25) is 0 Å². The van der Waals surface area contributed by atoms with E-state index in [0.717, 1.165) is 12.1 Å². The Balaban J connectivity index is 2.83. The van der Waals surface area contributed by atoms with Crippen molar-refractivity contribution < 1.29 is 4.39 Å². The monoisotopic (exact) mass is 209 g/mol. The van der Waals surface area contributed by atoms with Gasteiger partial charge in [0.1, 0.15) is 5.83 Å². The minimum Gasteiger partial charge on any atom is -0.391 e. The summed E-state index contributed by atoms with van der Waals surface area (Å²) < 4.78 is 13.6. The fraction of sp³-hybridized carbons (Fsp3) is 0.538. The molecule has 0 spiro atoms. The Kier molecular flexibility index (Phi) is 4.60. The number of hydrogen-bond acceptors (Lipinski definition) is 1. The van der Waals surface area contributed by atoms with Crippen LogP contribution in [0.1, 0.15) is 26.7 Å². The van der Waals surface area contributed by atoms with Gasteiger partial charge >= 0.3 is 0 Å². The van der Waals surface area contributed by atoms with E-state index in [0.29, 0.717) is 12.3 Å². The Labute approximate surface area is 91.8 Å². The Hall–Kier alpha value is -1.05. The van der Waals surface area contributed by atoms with Crippen LogP contribution in [0.5, 0.6) is 0 Å². The average Bonchev–Trinajstić information content (AvgIpc) is 2.28. The van der Waals surface area contributed by atoms with Crippen LogP contribution in [0.15, 0.2) is 35.8 Å². The van der Waals surface area contributed by atoms with Gasteiger partial charge in [0.15, 0.2) is 0 Å². The quantitative estimate of drug-likeness (QED) is 0.686. The summed E-state index contributed by atoms with van der Waals surface area (Å²) in [6, 6.07) is 0. The van der Waals surface area contributed by atoms with Crippen LogP contribution < -0.4 is 5.32 Å². The standard InChI is InChI=1S/C13H20FN/c1-10(2)11-6-4-5-7-13(15-3)9-12(14)8-11/h4,6-8,10-11,15H,5,9H2,1-3H3/b6-4+,12-8?,13-7+/t11-/m1/s1. The van der Waals surface area contributed by atoms with Crippen LogP contribution in [0.3, 0.4) is 0 Å². The lowest BCUT2D eigenvalue weighted by atomic mass is 9.94. The predicted octanol–water partition coefficient (Wildman–Crippen LogP) is 3.57. The summed E-state index contributed by atoms with van der Waals surface area (Å²) in [5.74, 6) is 0.624. The van der Waals surface area contributed by atoms with Gasteiger partial charge in [-0.15, -0.1) is 0 Å². The van der Waals surface area contributed by atoms with Crippen LogP contribution >= 0.6 is 0 Å². The molecule has 1 atom stereocenters. The molecule has 0 amide bonds. The summed E-state index contributed by atoms with van der Waals surface area (Å²) in [4.78, 5) is 0. The molecule has 2 heteroatoms. The van der Waals surface area contributed by atoms with Crippen LogP contribution in [0.4, 0.5) is 4.39 Å². The molecule has 0 heterocycles. The normalized spacial score (nSPS) is 28.2. The molecule has 0 saturated carbocycles. The molecule has 0 radical (unpaired) electrons. The average molecular weight is 209 g/mol. The number of allylic oxidation sites excluding steroid dienone is 5. The number of halogens is 1. The third-order valence-electron chi connectivity index (χ3n) is 2.68. The summed E-state index contributed by atoms with van der Waals surface area (Å²) >= 11 is 0. The third kappa shape index (κ3) is 3.90. The summed E-state index contributed by atoms with van der Waals surface area (Å²) in [5, 5.41) is 3.02. The molecule has 1 aliphatic rings. The van der Waals surface area contributed by atoms with Crippen molar-refractivity contribution in [1.29, 1.82) is 0 Å². The van der Waals surface area contributed by atoms with Crippen molar-refractivity contribution in [3.05, 3.63) is 35.8 Å². The zero-order chi connectivity index (χ0) is 11.3.